The van der Waals surface area contributed by atoms with E-state index in [0.29, 0.717) is 30.0 Å². The number of halogens is 2. The van der Waals surface area contributed by atoms with Crippen molar-refractivity contribution < 1.29 is 18.3 Å². The van der Waals surface area contributed by atoms with Gasteiger partial charge in [0.05, 0.1) is 30.6 Å². The van der Waals surface area contributed by atoms with Crippen molar-refractivity contribution in [2.24, 2.45) is 4.99 Å². The molecule has 0 saturated carbocycles. The summed E-state index contributed by atoms with van der Waals surface area (Å²) in [6.45, 7) is 2.61. The molecule has 2 aromatic rings. The number of aliphatic imine (C=N–C) groups is 1. The summed E-state index contributed by atoms with van der Waals surface area (Å²) in [7, 11) is 0. The third-order valence-corrected chi connectivity index (χ3v) is 5.79. The molecule has 0 saturated heterocycles. The van der Waals surface area contributed by atoms with E-state index >= 15 is 0 Å². The van der Waals surface area contributed by atoms with Gasteiger partial charge in [0.1, 0.15) is 17.4 Å². The van der Waals surface area contributed by atoms with Crippen LogP contribution in [0, 0.1) is 11.6 Å². The molecular weight excluding hydrogens is 400 g/mol. The van der Waals surface area contributed by atoms with Crippen LogP contribution in [0.5, 0.6) is 5.75 Å². The molecule has 5 rings (SSSR count). The van der Waals surface area contributed by atoms with E-state index in [2.05, 4.69) is 10.3 Å². The maximum absolute atomic E-state index is 14.9. The third-order valence-electron chi connectivity index (χ3n) is 5.79. The molecule has 158 valence electrons. The first kappa shape index (κ1) is 19.5. The highest BCUT2D eigenvalue weighted by Crippen LogP contribution is 2.45. The van der Waals surface area contributed by atoms with Crippen LogP contribution in [0.3, 0.4) is 0 Å². The van der Waals surface area contributed by atoms with Crippen molar-refractivity contribution in [1.82, 2.24) is 10.2 Å². The molecule has 2 aromatic carbocycles. The Balaban J connectivity index is 1.60. The summed E-state index contributed by atoms with van der Waals surface area (Å²) < 4.78 is 35.3. The zero-order valence-electron chi connectivity index (χ0n) is 16.9. The number of hydrogen-bond acceptors (Lipinski definition) is 4. The second-order valence-corrected chi connectivity index (χ2v) is 7.74. The van der Waals surface area contributed by atoms with Crippen molar-refractivity contribution in [3.05, 3.63) is 88.3 Å². The summed E-state index contributed by atoms with van der Waals surface area (Å²) in [6.07, 6.45) is 6.65. The van der Waals surface area contributed by atoms with Crippen LogP contribution in [0.25, 0.3) is 0 Å². The molecule has 2 heterocycles. The molecule has 2 aliphatic heterocycles. The van der Waals surface area contributed by atoms with Crippen molar-refractivity contribution in [3.63, 3.8) is 0 Å². The van der Waals surface area contributed by atoms with Crippen molar-refractivity contribution in [3.8, 4) is 5.75 Å². The summed E-state index contributed by atoms with van der Waals surface area (Å²) >= 11 is 0. The molecule has 1 aliphatic carbocycles. The second kappa shape index (κ2) is 7.65. The lowest BCUT2D eigenvalue weighted by Crippen LogP contribution is -2.31. The summed E-state index contributed by atoms with van der Waals surface area (Å²) in [5.74, 6) is -1.17. The van der Waals surface area contributed by atoms with Gasteiger partial charge in [-0.3, -0.25) is 9.79 Å². The predicted molar refractivity (Wildman–Crippen MR) is 113 cm³/mol. The Kier molecular flexibility index (Phi) is 4.81. The fourth-order valence-electron chi connectivity index (χ4n) is 4.33. The molecule has 5 nitrogen and oxygen atoms in total. The lowest BCUT2D eigenvalue weighted by Gasteiger charge is -2.31. The fourth-order valence-corrected chi connectivity index (χ4v) is 4.33. The van der Waals surface area contributed by atoms with E-state index in [1.54, 1.807) is 30.6 Å². The van der Waals surface area contributed by atoms with E-state index in [0.717, 1.165) is 24.3 Å². The Bertz CT molecular complexity index is 1140. The van der Waals surface area contributed by atoms with Gasteiger partial charge in [0.25, 0.3) is 5.91 Å². The Morgan fingerprint density at radius 3 is 2.68 bits per heavy atom. The minimum absolute atomic E-state index is 0.0657. The highest BCUT2D eigenvalue weighted by atomic mass is 19.1. The summed E-state index contributed by atoms with van der Waals surface area (Å²) in [5, 5.41) is 3.07. The first-order chi connectivity index (χ1) is 15.1. The Hall–Kier alpha value is -3.48. The predicted octanol–water partition coefficient (Wildman–Crippen LogP) is 4.47. The number of fused-ring (bicyclic) bond motifs is 2. The Morgan fingerprint density at radius 2 is 1.90 bits per heavy atom. The molecule has 1 amide bonds. The quantitative estimate of drug-likeness (QED) is 0.775. The normalized spacial score (nSPS) is 21.4. The first-order valence-electron chi connectivity index (χ1n) is 10.3. The van der Waals surface area contributed by atoms with Crippen LogP contribution in [0.2, 0.25) is 0 Å². The van der Waals surface area contributed by atoms with Crippen molar-refractivity contribution in [2.75, 3.05) is 6.61 Å². The molecule has 0 radical (unpaired) electrons. The van der Waals surface area contributed by atoms with Crippen molar-refractivity contribution >= 4 is 12.2 Å². The maximum atomic E-state index is 14.9. The topological polar surface area (TPSA) is 53.9 Å². The number of carbonyl (C=O) groups is 1. The molecule has 0 fully saturated rings. The van der Waals surface area contributed by atoms with Crippen LogP contribution in [0.15, 0.2) is 64.9 Å². The fraction of sp³-hybridized carbons (Fsp3) is 0.250. The van der Waals surface area contributed by atoms with E-state index in [-0.39, 0.29) is 17.2 Å². The number of benzene rings is 2. The van der Waals surface area contributed by atoms with Gasteiger partial charge in [-0.1, -0.05) is 19.1 Å². The largest absolute Gasteiger partial charge is 0.494 e. The second-order valence-electron chi connectivity index (χ2n) is 7.74. The number of amides is 1. The monoisotopic (exact) mass is 421 g/mol. The van der Waals surface area contributed by atoms with Crippen LogP contribution >= 0.6 is 0 Å². The zero-order chi connectivity index (χ0) is 21.5. The standard InChI is InChI=1S/C24H21F2N3O2/c1-2-11-31-16-6-3-14(4-7-16)23-21-17(25)8-9-18(26)22(21)24(30)29(23)15-5-10-19-20(12-15)28-13-27-19/h3-10,13,20,23H,2,11-12H2,1H3,(H,27,28). The molecule has 0 bridgehead atoms. The highest BCUT2D eigenvalue weighted by Gasteiger charge is 2.44. The van der Waals surface area contributed by atoms with E-state index in [1.807, 2.05) is 19.1 Å². The lowest BCUT2D eigenvalue weighted by molar-refractivity contribution is 0.0795. The summed E-state index contributed by atoms with van der Waals surface area (Å²) in [6, 6.07) is 8.38. The molecule has 0 spiro atoms. The van der Waals surface area contributed by atoms with Gasteiger partial charge in [-0.05, 0) is 48.4 Å². The van der Waals surface area contributed by atoms with Crippen LogP contribution in [-0.4, -0.2) is 29.8 Å². The average Bonchev–Trinajstić information content (AvgIpc) is 3.37. The molecular formula is C24H21F2N3O2. The van der Waals surface area contributed by atoms with Gasteiger partial charge in [-0.25, -0.2) is 8.78 Å². The zero-order valence-corrected chi connectivity index (χ0v) is 16.9. The van der Waals surface area contributed by atoms with Crippen molar-refractivity contribution in [2.45, 2.75) is 31.8 Å². The first-order valence-corrected chi connectivity index (χ1v) is 10.3. The Morgan fingerprint density at radius 1 is 1.13 bits per heavy atom. The van der Waals surface area contributed by atoms with Crippen LogP contribution in [0.4, 0.5) is 8.78 Å². The van der Waals surface area contributed by atoms with E-state index < -0.39 is 23.6 Å². The van der Waals surface area contributed by atoms with E-state index in [1.165, 1.54) is 4.90 Å². The third kappa shape index (κ3) is 3.21. The van der Waals surface area contributed by atoms with Crippen LogP contribution in [-0.2, 0) is 0 Å². The minimum Gasteiger partial charge on any atom is -0.494 e. The molecule has 2 atom stereocenters. The average molecular weight is 421 g/mol. The molecule has 1 N–H and O–H groups in total. The van der Waals surface area contributed by atoms with Gasteiger partial charge in [0, 0.05) is 23.4 Å². The highest BCUT2D eigenvalue weighted by molar-refractivity contribution is 6.01. The van der Waals surface area contributed by atoms with E-state index in [4.69, 9.17) is 4.74 Å². The van der Waals surface area contributed by atoms with Crippen molar-refractivity contribution in [1.29, 1.82) is 0 Å². The number of ether oxygens (including phenoxy) is 1. The Labute approximate surface area is 178 Å². The SMILES string of the molecule is CCCOc1ccc(C2c3c(F)ccc(F)c3C(=O)N2C2=CC=C3NC=NC3C2)cc1. The van der Waals surface area contributed by atoms with Gasteiger partial charge >= 0.3 is 0 Å². The number of nitrogens with zero attached hydrogens (tertiary/aromatic N) is 2. The van der Waals surface area contributed by atoms with Gasteiger partial charge in [0.2, 0.25) is 0 Å². The summed E-state index contributed by atoms with van der Waals surface area (Å²) in [4.78, 5) is 19.2. The molecule has 31 heavy (non-hydrogen) atoms. The van der Waals surface area contributed by atoms with Gasteiger partial charge in [-0.15, -0.1) is 0 Å². The molecule has 2 unspecified atom stereocenters. The van der Waals surface area contributed by atoms with Crippen LogP contribution in [0.1, 0.15) is 47.3 Å². The number of nitrogens with one attached hydrogen (secondary N) is 1. The minimum atomic E-state index is -0.766. The molecule has 3 aliphatic rings. The summed E-state index contributed by atoms with van der Waals surface area (Å²) in [5.41, 5.74) is 2.16. The molecule has 7 heteroatoms. The van der Waals surface area contributed by atoms with Gasteiger partial charge in [-0.2, -0.15) is 0 Å². The van der Waals surface area contributed by atoms with Crippen LogP contribution < -0.4 is 10.1 Å². The number of rotatable bonds is 5. The number of carbonyl (C=O) groups excluding carboxylic acids is 1. The number of hydrogen-bond donors (Lipinski definition) is 1. The maximum Gasteiger partial charge on any atom is 0.262 e. The van der Waals surface area contributed by atoms with Gasteiger partial charge in [0.15, 0.2) is 0 Å². The number of allylic oxidation sites excluding steroid dienone is 2. The van der Waals surface area contributed by atoms with Gasteiger partial charge < -0.3 is 15.0 Å². The lowest BCUT2D eigenvalue weighted by atomic mass is 9.95. The molecule has 0 aromatic heterocycles. The van der Waals surface area contributed by atoms with E-state index in [9.17, 15) is 13.6 Å². The smallest absolute Gasteiger partial charge is 0.262 e.